The van der Waals surface area contributed by atoms with Crippen LogP contribution >= 0.6 is 11.6 Å². The summed E-state index contributed by atoms with van der Waals surface area (Å²) in [4.78, 5) is 19.3. The minimum atomic E-state index is -0.648. The topological polar surface area (TPSA) is 61.3 Å². The van der Waals surface area contributed by atoms with Crippen LogP contribution in [0.1, 0.15) is 10.4 Å². The Kier molecular flexibility index (Phi) is 4.14. The Labute approximate surface area is 119 Å². The van der Waals surface area contributed by atoms with E-state index in [0.717, 1.165) is 6.07 Å². The predicted molar refractivity (Wildman–Crippen MR) is 70.3 cm³/mol. The molecule has 0 atom stereocenters. The van der Waals surface area contributed by atoms with Crippen LogP contribution in [0.5, 0.6) is 5.75 Å². The number of aromatic nitrogens is 2. The molecule has 20 heavy (non-hydrogen) atoms. The molecule has 104 valence electrons. The Morgan fingerprint density at radius 1 is 1.25 bits per heavy atom. The third kappa shape index (κ3) is 2.70. The van der Waals surface area contributed by atoms with E-state index in [4.69, 9.17) is 16.3 Å². The van der Waals surface area contributed by atoms with E-state index >= 15 is 0 Å². The number of nitrogens with zero attached hydrogens (tertiary/aromatic N) is 2. The summed E-state index contributed by atoms with van der Waals surface area (Å²) in [7, 11) is 2.61. The first-order valence-corrected chi connectivity index (χ1v) is 5.88. The SMILES string of the molecule is COC(=O)c1cc(F)cc(-c2ncnc(Cl)c2OC)c1. The monoisotopic (exact) mass is 296 g/mol. The molecule has 1 aromatic heterocycles. The lowest BCUT2D eigenvalue weighted by Crippen LogP contribution is -2.03. The van der Waals surface area contributed by atoms with E-state index in [2.05, 4.69) is 14.7 Å². The van der Waals surface area contributed by atoms with Crippen molar-refractivity contribution in [3.05, 3.63) is 41.1 Å². The van der Waals surface area contributed by atoms with E-state index in [1.165, 1.54) is 32.7 Å². The maximum absolute atomic E-state index is 13.6. The van der Waals surface area contributed by atoms with Gasteiger partial charge in [-0.2, -0.15) is 0 Å². The van der Waals surface area contributed by atoms with E-state index in [-0.39, 0.29) is 22.2 Å². The Hall–Kier alpha value is -2.21. The Morgan fingerprint density at radius 3 is 2.65 bits per heavy atom. The van der Waals surface area contributed by atoms with E-state index in [1.54, 1.807) is 0 Å². The molecular weight excluding hydrogens is 287 g/mol. The van der Waals surface area contributed by atoms with Gasteiger partial charge in [0.2, 0.25) is 0 Å². The second-order valence-electron chi connectivity index (χ2n) is 3.77. The molecule has 0 bridgehead atoms. The van der Waals surface area contributed by atoms with Gasteiger partial charge in [-0.05, 0) is 18.2 Å². The average molecular weight is 297 g/mol. The Morgan fingerprint density at radius 2 is 2.00 bits per heavy atom. The van der Waals surface area contributed by atoms with Crippen LogP contribution in [0, 0.1) is 5.82 Å². The van der Waals surface area contributed by atoms with Gasteiger partial charge in [-0.1, -0.05) is 11.6 Å². The highest BCUT2D eigenvalue weighted by Gasteiger charge is 2.16. The quantitative estimate of drug-likeness (QED) is 0.644. The summed E-state index contributed by atoms with van der Waals surface area (Å²) in [6.45, 7) is 0. The van der Waals surface area contributed by atoms with Crippen LogP contribution in [0.3, 0.4) is 0 Å². The fraction of sp³-hybridized carbons (Fsp3) is 0.154. The van der Waals surface area contributed by atoms with Crippen molar-refractivity contribution in [2.24, 2.45) is 0 Å². The molecule has 5 nitrogen and oxygen atoms in total. The van der Waals surface area contributed by atoms with Gasteiger partial charge in [0.25, 0.3) is 0 Å². The lowest BCUT2D eigenvalue weighted by molar-refractivity contribution is 0.0600. The summed E-state index contributed by atoms with van der Waals surface area (Å²) in [5, 5.41) is 0.0985. The number of carbonyl (C=O) groups is 1. The third-order valence-electron chi connectivity index (χ3n) is 2.56. The second-order valence-corrected chi connectivity index (χ2v) is 4.12. The average Bonchev–Trinajstić information content (AvgIpc) is 2.45. The summed E-state index contributed by atoms with van der Waals surface area (Å²) in [6, 6.07) is 3.73. The zero-order chi connectivity index (χ0) is 14.7. The first kappa shape index (κ1) is 14.2. The van der Waals surface area contributed by atoms with Crippen molar-refractivity contribution in [2.45, 2.75) is 0 Å². The van der Waals surface area contributed by atoms with Gasteiger partial charge in [0.1, 0.15) is 17.8 Å². The normalized spacial score (nSPS) is 10.2. The number of rotatable bonds is 3. The molecular formula is C13H10ClFN2O3. The van der Waals surface area contributed by atoms with Crippen LogP contribution in [-0.4, -0.2) is 30.2 Å². The van der Waals surface area contributed by atoms with Gasteiger partial charge in [-0.25, -0.2) is 19.2 Å². The molecule has 2 rings (SSSR count). The predicted octanol–water partition coefficient (Wildman–Crippen LogP) is 2.73. The molecule has 1 heterocycles. The molecule has 0 N–H and O–H groups in total. The molecule has 1 aromatic carbocycles. The summed E-state index contributed by atoms with van der Waals surface area (Å²) in [6.07, 6.45) is 1.23. The minimum Gasteiger partial charge on any atom is -0.491 e. The molecule has 0 unspecified atom stereocenters. The van der Waals surface area contributed by atoms with Crippen molar-refractivity contribution in [1.29, 1.82) is 0 Å². The largest absolute Gasteiger partial charge is 0.491 e. The molecule has 0 aliphatic rings. The number of methoxy groups -OCH3 is 2. The van der Waals surface area contributed by atoms with Crippen LogP contribution in [0.2, 0.25) is 5.15 Å². The first-order chi connectivity index (χ1) is 9.56. The maximum Gasteiger partial charge on any atom is 0.337 e. The van der Waals surface area contributed by atoms with Gasteiger partial charge in [-0.3, -0.25) is 0 Å². The molecule has 0 saturated carbocycles. The number of ether oxygens (including phenoxy) is 2. The van der Waals surface area contributed by atoms with E-state index in [1.807, 2.05) is 0 Å². The summed E-state index contributed by atoms with van der Waals surface area (Å²) >= 11 is 5.89. The zero-order valence-corrected chi connectivity index (χ0v) is 11.4. The fourth-order valence-electron chi connectivity index (χ4n) is 1.70. The Bertz CT molecular complexity index is 664. The highest BCUT2D eigenvalue weighted by molar-refractivity contribution is 6.31. The van der Waals surface area contributed by atoms with Gasteiger partial charge in [0.05, 0.1) is 19.8 Å². The zero-order valence-electron chi connectivity index (χ0n) is 10.7. The lowest BCUT2D eigenvalue weighted by Gasteiger charge is -2.09. The number of benzene rings is 1. The minimum absolute atomic E-state index is 0.0688. The van der Waals surface area contributed by atoms with Crippen molar-refractivity contribution in [3.8, 4) is 17.0 Å². The molecule has 7 heteroatoms. The molecule has 0 aliphatic carbocycles. The van der Waals surface area contributed by atoms with Crippen molar-refractivity contribution in [3.63, 3.8) is 0 Å². The first-order valence-electron chi connectivity index (χ1n) is 5.50. The number of esters is 1. The molecule has 0 saturated heterocycles. The number of hydrogen-bond acceptors (Lipinski definition) is 5. The van der Waals surface area contributed by atoms with Crippen LogP contribution in [0.25, 0.3) is 11.3 Å². The van der Waals surface area contributed by atoms with Crippen molar-refractivity contribution < 1.29 is 18.7 Å². The van der Waals surface area contributed by atoms with Gasteiger partial charge in [0.15, 0.2) is 10.9 Å². The van der Waals surface area contributed by atoms with Crippen LogP contribution in [0.15, 0.2) is 24.5 Å². The third-order valence-corrected chi connectivity index (χ3v) is 2.83. The van der Waals surface area contributed by atoms with Gasteiger partial charge < -0.3 is 9.47 Å². The summed E-state index contributed by atoms with van der Waals surface area (Å²) in [5.74, 6) is -1.04. The van der Waals surface area contributed by atoms with E-state index in [9.17, 15) is 9.18 Å². The fourth-order valence-corrected chi connectivity index (χ4v) is 1.91. The number of hydrogen-bond donors (Lipinski definition) is 0. The van der Waals surface area contributed by atoms with Gasteiger partial charge >= 0.3 is 5.97 Å². The second kappa shape index (κ2) is 5.83. The van der Waals surface area contributed by atoms with Crippen LogP contribution in [0.4, 0.5) is 4.39 Å². The Balaban J connectivity index is 2.61. The van der Waals surface area contributed by atoms with Crippen LogP contribution in [-0.2, 0) is 4.74 Å². The van der Waals surface area contributed by atoms with E-state index in [0.29, 0.717) is 5.56 Å². The van der Waals surface area contributed by atoms with Crippen molar-refractivity contribution in [1.82, 2.24) is 9.97 Å². The highest BCUT2D eigenvalue weighted by Crippen LogP contribution is 2.33. The molecule has 2 aromatic rings. The number of halogens is 2. The molecule has 0 radical (unpaired) electrons. The van der Waals surface area contributed by atoms with Crippen molar-refractivity contribution in [2.75, 3.05) is 14.2 Å². The maximum atomic E-state index is 13.6. The lowest BCUT2D eigenvalue weighted by atomic mass is 10.1. The summed E-state index contributed by atoms with van der Waals surface area (Å²) in [5.41, 5.74) is 0.697. The van der Waals surface area contributed by atoms with Crippen molar-refractivity contribution >= 4 is 17.6 Å². The van der Waals surface area contributed by atoms with Crippen LogP contribution < -0.4 is 4.74 Å². The highest BCUT2D eigenvalue weighted by atomic mass is 35.5. The smallest absolute Gasteiger partial charge is 0.337 e. The molecule has 0 spiro atoms. The molecule has 0 amide bonds. The van der Waals surface area contributed by atoms with E-state index < -0.39 is 11.8 Å². The van der Waals surface area contributed by atoms with Gasteiger partial charge in [0, 0.05) is 5.56 Å². The standard InChI is InChI=1S/C13H10ClFN2O3/c1-19-11-10(16-6-17-12(11)14)7-3-8(13(18)20-2)5-9(15)4-7/h3-6H,1-2H3. The molecule has 0 aliphatic heterocycles. The summed E-state index contributed by atoms with van der Waals surface area (Å²) < 4.78 is 23.3. The van der Waals surface area contributed by atoms with Gasteiger partial charge in [-0.15, -0.1) is 0 Å². The number of carbonyl (C=O) groups excluding carboxylic acids is 1. The molecule has 0 fully saturated rings.